The molecule has 1 aromatic heterocycles. The standard InChI is InChI=1S/C25H28N5O4S2.H2/c1-18-16-28(20-3-6-22(7-4-20)36(32,33)27-25-26-10-14-35-25)12-13-30(18)24(31)17-29-11-9-19-15-21(34-2)5-8-23(19)29;/h3-8,10-11,14-15,18H,9,12-13,16-17H2,1-2H3,(H,26,27);1H/q+1;. The average Bonchev–Trinajstić information content (AvgIpc) is 3.53. The molecule has 2 aliphatic heterocycles. The van der Waals surface area contributed by atoms with Crippen molar-refractivity contribution in [3.8, 4) is 5.75 Å². The third kappa shape index (κ3) is 4.93. The number of nitrogens with one attached hydrogen (secondary N) is 1. The molecule has 0 saturated carbocycles. The molecule has 0 aliphatic carbocycles. The number of benzene rings is 2. The number of aromatic nitrogens is 1. The molecule has 1 atom stereocenters. The van der Waals surface area contributed by atoms with Gasteiger partial charge in [-0.15, -0.1) is 11.3 Å². The number of rotatable bonds is 7. The van der Waals surface area contributed by atoms with Crippen LogP contribution in [0.4, 0.5) is 16.5 Å². The number of ether oxygens (including phenoxy) is 1. The van der Waals surface area contributed by atoms with Crippen LogP contribution in [0.2, 0.25) is 0 Å². The molecule has 0 bridgehead atoms. The minimum atomic E-state index is -3.69. The summed E-state index contributed by atoms with van der Waals surface area (Å²) in [4.78, 5) is 21.4. The highest BCUT2D eigenvalue weighted by Gasteiger charge is 2.32. The summed E-state index contributed by atoms with van der Waals surface area (Å²) >= 11 is 1.23. The predicted octanol–water partition coefficient (Wildman–Crippen LogP) is 3.21. The lowest BCUT2D eigenvalue weighted by atomic mass is 10.1. The Labute approximate surface area is 216 Å². The van der Waals surface area contributed by atoms with E-state index in [9.17, 15) is 13.2 Å². The first-order chi connectivity index (χ1) is 17.3. The summed E-state index contributed by atoms with van der Waals surface area (Å²) in [6.07, 6.45) is 4.40. The van der Waals surface area contributed by atoms with Gasteiger partial charge in [0.1, 0.15) is 5.75 Å². The molecule has 3 heterocycles. The van der Waals surface area contributed by atoms with Gasteiger partial charge in [0.25, 0.3) is 15.9 Å². The molecule has 36 heavy (non-hydrogen) atoms. The Hall–Kier alpha value is -3.44. The number of hydrogen-bond donors (Lipinski definition) is 1. The zero-order valence-electron chi connectivity index (χ0n) is 20.1. The van der Waals surface area contributed by atoms with Gasteiger partial charge >= 0.3 is 0 Å². The van der Waals surface area contributed by atoms with E-state index >= 15 is 0 Å². The lowest BCUT2D eigenvalue weighted by Crippen LogP contribution is -2.55. The highest BCUT2D eigenvalue weighted by atomic mass is 32.2. The zero-order valence-corrected chi connectivity index (χ0v) is 21.8. The van der Waals surface area contributed by atoms with Crippen LogP contribution in [0.25, 0.3) is 0 Å². The highest BCUT2D eigenvalue weighted by molar-refractivity contribution is 7.93. The third-order valence-corrected chi connectivity index (χ3v) is 8.72. The molecule has 1 N–H and O–H groups in total. The average molecular weight is 529 g/mol. The molecular formula is C25H30N5O4S2+. The second-order valence-electron chi connectivity index (χ2n) is 8.83. The summed E-state index contributed by atoms with van der Waals surface area (Å²) in [6.45, 7) is 4.31. The van der Waals surface area contributed by atoms with E-state index in [1.54, 1.807) is 30.8 Å². The Morgan fingerprint density at radius 1 is 1.25 bits per heavy atom. The minimum absolute atomic E-state index is 0. The van der Waals surface area contributed by atoms with Gasteiger partial charge in [-0.05, 0) is 43.3 Å². The van der Waals surface area contributed by atoms with Crippen molar-refractivity contribution in [1.82, 2.24) is 9.88 Å². The van der Waals surface area contributed by atoms with E-state index in [2.05, 4.69) is 20.8 Å². The van der Waals surface area contributed by atoms with Crippen LogP contribution in [-0.2, 0) is 21.2 Å². The molecular weight excluding hydrogens is 498 g/mol. The molecule has 2 aromatic carbocycles. The van der Waals surface area contributed by atoms with Crippen molar-refractivity contribution in [2.45, 2.75) is 24.3 Å². The van der Waals surface area contributed by atoms with Crippen LogP contribution in [0.15, 0.2) is 58.9 Å². The summed E-state index contributed by atoms with van der Waals surface area (Å²) in [7, 11) is -2.03. The van der Waals surface area contributed by atoms with Crippen LogP contribution >= 0.6 is 11.3 Å². The van der Waals surface area contributed by atoms with Crippen LogP contribution in [-0.4, -0.2) is 74.3 Å². The smallest absolute Gasteiger partial charge is 0.288 e. The molecule has 3 aromatic rings. The van der Waals surface area contributed by atoms with Crippen molar-refractivity contribution in [2.75, 3.05) is 42.9 Å². The Morgan fingerprint density at radius 3 is 2.75 bits per heavy atom. The topological polar surface area (TPSA) is 94.9 Å². The number of sulfonamides is 1. The van der Waals surface area contributed by atoms with Crippen molar-refractivity contribution in [3.05, 3.63) is 59.6 Å². The Bertz CT molecular complexity index is 1390. The molecule has 5 rings (SSSR count). The van der Waals surface area contributed by atoms with Crippen LogP contribution in [0.5, 0.6) is 5.75 Å². The Balaban J connectivity index is 0.00000320. The highest BCUT2D eigenvalue weighted by Crippen LogP contribution is 2.28. The number of piperazine rings is 1. The van der Waals surface area contributed by atoms with E-state index in [4.69, 9.17) is 4.74 Å². The number of fused-ring (bicyclic) bond motifs is 1. The summed E-state index contributed by atoms with van der Waals surface area (Å²) in [6, 6.07) is 12.8. The lowest BCUT2D eigenvalue weighted by Gasteiger charge is -2.40. The fourth-order valence-electron chi connectivity index (χ4n) is 4.67. The zero-order chi connectivity index (χ0) is 25.3. The van der Waals surface area contributed by atoms with Gasteiger partial charge in [0.05, 0.1) is 18.4 Å². The van der Waals surface area contributed by atoms with Gasteiger partial charge in [0.2, 0.25) is 12.2 Å². The van der Waals surface area contributed by atoms with Gasteiger partial charge in [-0.3, -0.25) is 9.52 Å². The van der Waals surface area contributed by atoms with Crippen LogP contribution < -0.4 is 14.4 Å². The Kier molecular flexibility index (Phi) is 6.67. The summed E-state index contributed by atoms with van der Waals surface area (Å²) in [5.74, 6) is 0.915. The Morgan fingerprint density at radius 2 is 2.06 bits per heavy atom. The van der Waals surface area contributed by atoms with Gasteiger partial charge in [-0.25, -0.2) is 13.4 Å². The number of carbonyl (C=O) groups is 1. The van der Waals surface area contributed by atoms with Gasteiger partial charge in [-0.1, -0.05) is 0 Å². The van der Waals surface area contributed by atoms with Crippen molar-refractivity contribution >= 4 is 50.0 Å². The van der Waals surface area contributed by atoms with Crippen LogP contribution in [0.1, 0.15) is 13.9 Å². The van der Waals surface area contributed by atoms with E-state index in [0.717, 1.165) is 29.1 Å². The van der Waals surface area contributed by atoms with Gasteiger partial charge in [0.15, 0.2) is 11.3 Å². The molecule has 0 radical (unpaired) electrons. The number of hydrogen-bond acceptors (Lipinski definition) is 7. The molecule has 1 amide bonds. The molecule has 2 aliphatic rings. The van der Waals surface area contributed by atoms with Crippen LogP contribution in [0, 0.1) is 0 Å². The third-order valence-electron chi connectivity index (χ3n) is 6.55. The maximum atomic E-state index is 13.2. The number of amides is 1. The van der Waals surface area contributed by atoms with Gasteiger partial charge in [-0.2, -0.15) is 4.58 Å². The number of thiazole rings is 1. The maximum absolute atomic E-state index is 13.2. The minimum Gasteiger partial charge on any atom is -0.497 e. The van der Waals surface area contributed by atoms with E-state index in [-0.39, 0.29) is 18.3 Å². The SMILES string of the molecule is COc1ccc2c(c1)CC=[N+]2CC(=O)N1CCN(c2ccc(S(=O)(=O)Nc3nccs3)cc2)CC1C.[HH]. The quantitative estimate of drug-likeness (QED) is 0.474. The molecule has 9 nitrogen and oxygen atoms in total. The van der Waals surface area contributed by atoms with Gasteiger partial charge < -0.3 is 14.5 Å². The summed E-state index contributed by atoms with van der Waals surface area (Å²) in [5, 5.41) is 2.05. The predicted molar refractivity (Wildman–Crippen MR) is 142 cm³/mol. The number of nitrogens with zero attached hydrogens (tertiary/aromatic N) is 4. The molecule has 11 heteroatoms. The first-order valence-electron chi connectivity index (χ1n) is 11.7. The number of carbonyl (C=O) groups excluding carboxylic acids is 1. The fourth-order valence-corrected chi connectivity index (χ4v) is 6.46. The summed E-state index contributed by atoms with van der Waals surface area (Å²) in [5.41, 5.74) is 3.14. The molecule has 0 spiro atoms. The normalized spacial score (nSPS) is 17.5. The lowest BCUT2D eigenvalue weighted by molar-refractivity contribution is -0.422. The molecule has 1 unspecified atom stereocenters. The van der Waals surface area contributed by atoms with Crippen molar-refractivity contribution in [2.24, 2.45) is 0 Å². The number of methoxy groups -OCH3 is 1. The van der Waals surface area contributed by atoms with E-state index in [1.807, 2.05) is 46.7 Å². The second kappa shape index (κ2) is 9.90. The van der Waals surface area contributed by atoms with E-state index < -0.39 is 10.0 Å². The maximum Gasteiger partial charge on any atom is 0.288 e. The molecule has 1 saturated heterocycles. The molecule has 1 fully saturated rings. The summed E-state index contributed by atoms with van der Waals surface area (Å²) < 4.78 is 35.0. The first kappa shape index (κ1) is 24.3. The first-order valence-corrected chi connectivity index (χ1v) is 14.0. The largest absolute Gasteiger partial charge is 0.497 e. The second-order valence-corrected chi connectivity index (χ2v) is 11.4. The van der Waals surface area contributed by atoms with Gasteiger partial charge in [0, 0.05) is 56.0 Å². The fraction of sp³-hybridized carbons (Fsp3) is 0.320. The monoisotopic (exact) mass is 528 g/mol. The van der Waals surface area contributed by atoms with Crippen molar-refractivity contribution in [1.29, 1.82) is 0 Å². The van der Waals surface area contributed by atoms with Crippen molar-refractivity contribution in [3.63, 3.8) is 0 Å². The van der Waals surface area contributed by atoms with E-state index in [0.29, 0.717) is 31.3 Å². The molecule has 190 valence electrons. The number of anilines is 2. The van der Waals surface area contributed by atoms with Crippen molar-refractivity contribution < 1.29 is 24.0 Å². The van der Waals surface area contributed by atoms with Crippen LogP contribution in [0.3, 0.4) is 0 Å². The van der Waals surface area contributed by atoms with E-state index in [1.165, 1.54) is 11.3 Å².